The van der Waals surface area contributed by atoms with E-state index in [1.54, 1.807) is 30.3 Å². The first-order valence-corrected chi connectivity index (χ1v) is 11.1. The predicted molar refractivity (Wildman–Crippen MR) is 124 cm³/mol. The van der Waals surface area contributed by atoms with Crippen LogP contribution in [-0.2, 0) is 19.4 Å². The summed E-state index contributed by atoms with van der Waals surface area (Å²) in [4.78, 5) is 11.1. The number of aromatic carboxylic acids is 1. The summed E-state index contributed by atoms with van der Waals surface area (Å²) in [7, 11) is 0. The van der Waals surface area contributed by atoms with E-state index in [4.69, 9.17) is 21.4 Å². The van der Waals surface area contributed by atoms with E-state index in [2.05, 4.69) is 17.4 Å². The molecule has 4 rings (SSSR count). The summed E-state index contributed by atoms with van der Waals surface area (Å²) in [5.41, 5.74) is 4.44. The van der Waals surface area contributed by atoms with Crippen LogP contribution in [0.15, 0.2) is 66.7 Å². The second kappa shape index (κ2) is 10.2. The standard InChI is InChI=1S/C26H26ClNO4/c27-22-6-2-4-19(12-22)25(29)15-28-23-9-7-18-8-10-24(14-21(18)13-23)32-16-17-3-1-5-20(11-17)26(30)31/h1-6,8,10-12,14,23,25,28-29H,7,9,13,15-16H2,(H,30,31)/t23-,25+/m0/s1. The van der Waals surface area contributed by atoms with Crippen molar-refractivity contribution in [1.82, 2.24) is 5.32 Å². The van der Waals surface area contributed by atoms with Gasteiger partial charge in [0, 0.05) is 17.6 Å². The number of benzene rings is 3. The summed E-state index contributed by atoms with van der Waals surface area (Å²) in [6, 6.07) is 20.5. The average molecular weight is 452 g/mol. The average Bonchev–Trinajstić information content (AvgIpc) is 2.81. The van der Waals surface area contributed by atoms with Gasteiger partial charge in [0.15, 0.2) is 0 Å². The molecule has 0 fully saturated rings. The van der Waals surface area contributed by atoms with Gasteiger partial charge < -0.3 is 20.3 Å². The van der Waals surface area contributed by atoms with Crippen molar-refractivity contribution >= 4 is 17.6 Å². The second-order valence-electron chi connectivity index (χ2n) is 8.14. The van der Waals surface area contributed by atoms with Crippen LogP contribution in [0.5, 0.6) is 5.75 Å². The second-order valence-corrected chi connectivity index (χ2v) is 8.58. The lowest BCUT2D eigenvalue weighted by Gasteiger charge is -2.27. The third kappa shape index (κ3) is 5.68. The fourth-order valence-corrected chi connectivity index (χ4v) is 4.27. The van der Waals surface area contributed by atoms with Crippen LogP contribution in [0, 0.1) is 0 Å². The van der Waals surface area contributed by atoms with E-state index in [-0.39, 0.29) is 11.6 Å². The van der Waals surface area contributed by atoms with Gasteiger partial charge in [0.25, 0.3) is 0 Å². The van der Waals surface area contributed by atoms with Crippen molar-refractivity contribution in [3.8, 4) is 5.75 Å². The monoisotopic (exact) mass is 451 g/mol. The molecule has 6 heteroatoms. The summed E-state index contributed by atoms with van der Waals surface area (Å²) in [6.45, 7) is 0.782. The zero-order valence-corrected chi connectivity index (χ0v) is 18.4. The Morgan fingerprint density at radius 2 is 1.94 bits per heavy atom. The van der Waals surface area contributed by atoms with Crippen LogP contribution in [-0.4, -0.2) is 28.8 Å². The molecular weight excluding hydrogens is 426 g/mol. The van der Waals surface area contributed by atoms with Gasteiger partial charge in [0.05, 0.1) is 11.7 Å². The molecule has 0 saturated carbocycles. The summed E-state index contributed by atoms with van der Waals surface area (Å²) < 4.78 is 5.93. The molecule has 3 N–H and O–H groups in total. The Morgan fingerprint density at radius 1 is 1.09 bits per heavy atom. The highest BCUT2D eigenvalue weighted by molar-refractivity contribution is 6.30. The number of hydrogen-bond donors (Lipinski definition) is 3. The zero-order chi connectivity index (χ0) is 22.5. The van der Waals surface area contributed by atoms with E-state index in [0.29, 0.717) is 18.2 Å². The van der Waals surface area contributed by atoms with Crippen LogP contribution in [0.3, 0.4) is 0 Å². The Hall–Kier alpha value is -2.86. The van der Waals surface area contributed by atoms with Gasteiger partial charge in [0.2, 0.25) is 0 Å². The lowest BCUT2D eigenvalue weighted by atomic mass is 9.88. The van der Waals surface area contributed by atoms with Crippen molar-refractivity contribution < 1.29 is 19.7 Å². The van der Waals surface area contributed by atoms with E-state index in [9.17, 15) is 9.90 Å². The van der Waals surface area contributed by atoms with Gasteiger partial charge in [-0.25, -0.2) is 4.79 Å². The Balaban J connectivity index is 1.34. The molecule has 1 aliphatic carbocycles. The highest BCUT2D eigenvalue weighted by Crippen LogP contribution is 2.27. The number of carbonyl (C=O) groups is 1. The van der Waals surface area contributed by atoms with E-state index in [1.807, 2.05) is 24.3 Å². The molecule has 0 spiro atoms. The summed E-state index contributed by atoms with van der Waals surface area (Å²) >= 11 is 6.03. The minimum atomic E-state index is -0.945. The van der Waals surface area contributed by atoms with Gasteiger partial charge in [-0.2, -0.15) is 0 Å². The molecule has 3 aromatic rings. The number of fused-ring (bicyclic) bond motifs is 1. The molecule has 5 nitrogen and oxygen atoms in total. The number of carboxylic acid groups (broad SMARTS) is 1. The minimum absolute atomic E-state index is 0.255. The number of ether oxygens (including phenoxy) is 1. The molecule has 0 heterocycles. The lowest BCUT2D eigenvalue weighted by Crippen LogP contribution is -2.37. The Kier molecular flexibility index (Phi) is 7.10. The molecule has 0 unspecified atom stereocenters. The van der Waals surface area contributed by atoms with Crippen molar-refractivity contribution in [3.63, 3.8) is 0 Å². The smallest absolute Gasteiger partial charge is 0.335 e. The number of hydrogen-bond acceptors (Lipinski definition) is 4. The topological polar surface area (TPSA) is 78.8 Å². The molecule has 0 aromatic heterocycles. The van der Waals surface area contributed by atoms with Crippen molar-refractivity contribution in [2.24, 2.45) is 0 Å². The fourth-order valence-electron chi connectivity index (χ4n) is 4.07. The van der Waals surface area contributed by atoms with Crippen LogP contribution in [0.4, 0.5) is 0 Å². The van der Waals surface area contributed by atoms with E-state index < -0.39 is 12.1 Å². The highest BCUT2D eigenvalue weighted by atomic mass is 35.5. The molecule has 2 atom stereocenters. The molecule has 166 valence electrons. The summed E-state index contributed by atoms with van der Waals surface area (Å²) in [5.74, 6) is -0.177. The molecule has 0 bridgehead atoms. The van der Waals surface area contributed by atoms with Crippen molar-refractivity contribution in [2.75, 3.05) is 6.54 Å². The third-order valence-electron chi connectivity index (χ3n) is 5.82. The molecular formula is C26H26ClNO4. The number of aliphatic hydroxyl groups excluding tert-OH is 1. The molecule has 32 heavy (non-hydrogen) atoms. The Bertz CT molecular complexity index is 1100. The number of halogens is 1. The SMILES string of the molecule is O=C(O)c1cccc(COc2ccc3c(c2)C[C@@H](NC[C@@H](O)c2cccc(Cl)c2)CC3)c1. The number of aliphatic hydroxyl groups is 1. The maximum Gasteiger partial charge on any atom is 0.335 e. The first-order chi connectivity index (χ1) is 15.5. The maximum atomic E-state index is 11.1. The Labute approximate surface area is 192 Å². The largest absolute Gasteiger partial charge is 0.489 e. The van der Waals surface area contributed by atoms with E-state index in [1.165, 1.54) is 11.1 Å². The normalized spacial score (nSPS) is 16.2. The summed E-state index contributed by atoms with van der Waals surface area (Å²) in [6.07, 6.45) is 2.24. The first-order valence-electron chi connectivity index (χ1n) is 10.7. The van der Waals surface area contributed by atoms with Gasteiger partial charge in [-0.15, -0.1) is 0 Å². The highest BCUT2D eigenvalue weighted by Gasteiger charge is 2.20. The molecule has 3 aromatic carbocycles. The molecule has 0 radical (unpaired) electrons. The van der Waals surface area contributed by atoms with Gasteiger partial charge in [-0.3, -0.25) is 0 Å². The quantitative estimate of drug-likeness (QED) is 0.458. The van der Waals surface area contributed by atoms with Crippen LogP contribution >= 0.6 is 11.6 Å². The van der Waals surface area contributed by atoms with Crippen LogP contribution < -0.4 is 10.1 Å². The number of aryl methyl sites for hydroxylation is 1. The molecule has 0 amide bonds. The lowest BCUT2D eigenvalue weighted by molar-refractivity contribution is 0.0696. The van der Waals surface area contributed by atoms with Crippen molar-refractivity contribution in [2.45, 2.75) is 38.0 Å². The zero-order valence-electron chi connectivity index (χ0n) is 17.6. The molecule has 0 saturated heterocycles. The van der Waals surface area contributed by atoms with E-state index >= 15 is 0 Å². The first kappa shape index (κ1) is 22.3. The van der Waals surface area contributed by atoms with Crippen LogP contribution in [0.1, 0.15) is 45.1 Å². The maximum absolute atomic E-state index is 11.1. The van der Waals surface area contributed by atoms with Crippen molar-refractivity contribution in [3.05, 3.63) is 99.6 Å². The summed E-state index contributed by atoms with van der Waals surface area (Å²) in [5, 5.41) is 23.7. The van der Waals surface area contributed by atoms with Crippen molar-refractivity contribution in [1.29, 1.82) is 0 Å². The van der Waals surface area contributed by atoms with Crippen LogP contribution in [0.25, 0.3) is 0 Å². The predicted octanol–water partition coefficient (Wildman–Crippen LogP) is 4.80. The number of rotatable bonds is 8. The van der Waals surface area contributed by atoms with Gasteiger partial charge in [0.1, 0.15) is 12.4 Å². The van der Waals surface area contributed by atoms with Gasteiger partial charge in [-0.1, -0.05) is 41.9 Å². The Morgan fingerprint density at radius 3 is 2.75 bits per heavy atom. The van der Waals surface area contributed by atoms with E-state index in [0.717, 1.165) is 36.1 Å². The number of carboxylic acids is 1. The van der Waals surface area contributed by atoms with Crippen LogP contribution in [0.2, 0.25) is 5.02 Å². The van der Waals surface area contributed by atoms with Gasteiger partial charge in [-0.05, 0) is 77.9 Å². The molecule has 0 aliphatic heterocycles. The van der Waals surface area contributed by atoms with Gasteiger partial charge >= 0.3 is 5.97 Å². The third-order valence-corrected chi connectivity index (χ3v) is 6.05. The minimum Gasteiger partial charge on any atom is -0.489 e. The fraction of sp³-hybridized carbons (Fsp3) is 0.269. The number of nitrogens with one attached hydrogen (secondary N) is 1. The molecule has 1 aliphatic rings.